The fourth-order valence-electron chi connectivity index (χ4n) is 2.33. The molecule has 1 aromatic rings. The molecule has 0 aromatic heterocycles. The quantitative estimate of drug-likeness (QED) is 0.187. The summed E-state index contributed by atoms with van der Waals surface area (Å²) in [5, 5.41) is 49.4. The number of aliphatic hydroxyl groups excluding tert-OH is 5. The van der Waals surface area contributed by atoms with E-state index in [1.807, 2.05) is 67.8 Å². The summed E-state index contributed by atoms with van der Waals surface area (Å²) in [6.07, 6.45) is -1.56. The van der Waals surface area contributed by atoms with Gasteiger partial charge in [-0.25, -0.2) is 0 Å². The van der Waals surface area contributed by atoms with E-state index < -0.39 is 17.9 Å². The summed E-state index contributed by atoms with van der Waals surface area (Å²) < 4.78 is 1.42. The molecule has 0 aliphatic rings. The van der Waals surface area contributed by atoms with Gasteiger partial charge in [0.25, 0.3) is 11.8 Å². The van der Waals surface area contributed by atoms with Crippen LogP contribution in [-0.2, 0) is 11.4 Å². The molecule has 6 N–H and O–H groups in total. The Bertz CT molecular complexity index is 712. The number of benzene rings is 1. The van der Waals surface area contributed by atoms with Crippen molar-refractivity contribution in [2.45, 2.75) is 19.1 Å². The topological polar surface area (TPSA) is 151 Å². The molecular formula is C16H21I3N2O7. The highest BCUT2D eigenvalue weighted by molar-refractivity contribution is 14.1. The highest BCUT2D eigenvalue weighted by atomic mass is 127. The van der Waals surface area contributed by atoms with Crippen molar-refractivity contribution in [1.82, 2.24) is 4.90 Å². The maximum Gasteiger partial charge on any atom is 0.256 e. The molecule has 12 heteroatoms. The van der Waals surface area contributed by atoms with Crippen LogP contribution in [-0.4, -0.2) is 81.3 Å². The first-order valence-electron chi connectivity index (χ1n) is 8.15. The maximum atomic E-state index is 13.0. The van der Waals surface area contributed by atoms with Crippen LogP contribution in [0, 0.1) is 10.7 Å². The lowest BCUT2D eigenvalue weighted by atomic mass is 10.1. The first-order valence-corrected chi connectivity index (χ1v) is 11.4. The number of halogens is 3. The van der Waals surface area contributed by atoms with Crippen LogP contribution in [0.3, 0.4) is 0 Å². The second-order valence-corrected chi connectivity index (χ2v) is 8.82. The molecule has 0 saturated heterocycles. The summed E-state index contributed by atoms with van der Waals surface area (Å²) in [7, 11) is 0. The smallest absolute Gasteiger partial charge is 0.256 e. The number of nitrogens with one attached hydrogen (secondary N) is 1. The lowest BCUT2D eigenvalue weighted by molar-refractivity contribution is -0.124. The molecule has 0 radical (unpaired) electrons. The standard InChI is InChI=1S/C16H21I3N2O7/c17-11-8(7-25)12(18)14(20-15(27)9(26)1-4-22)13(19)10(11)16(28)21(2-5-23)3-6-24/h9,22-26H,1-7H2,(H,20,27). The summed E-state index contributed by atoms with van der Waals surface area (Å²) >= 11 is 5.78. The molecule has 1 unspecified atom stereocenters. The van der Waals surface area contributed by atoms with Crippen molar-refractivity contribution < 1.29 is 35.1 Å². The van der Waals surface area contributed by atoms with Gasteiger partial charge in [0.2, 0.25) is 0 Å². The first kappa shape index (κ1) is 26.2. The minimum absolute atomic E-state index is 0.0168. The number of anilines is 1. The Morgan fingerprint density at radius 1 is 0.929 bits per heavy atom. The molecule has 0 aliphatic heterocycles. The normalized spacial score (nSPS) is 12.0. The van der Waals surface area contributed by atoms with Crippen molar-refractivity contribution in [3.8, 4) is 0 Å². The summed E-state index contributed by atoms with van der Waals surface area (Å²) in [6, 6.07) is 0. The van der Waals surface area contributed by atoms with E-state index in [0.717, 1.165) is 0 Å². The molecule has 1 aromatic carbocycles. The van der Waals surface area contributed by atoms with Crippen molar-refractivity contribution in [1.29, 1.82) is 0 Å². The third kappa shape index (κ3) is 6.32. The Labute approximate surface area is 202 Å². The molecule has 9 nitrogen and oxygen atoms in total. The zero-order chi connectivity index (χ0) is 21.4. The predicted molar refractivity (Wildman–Crippen MR) is 127 cm³/mol. The number of hydrogen-bond donors (Lipinski definition) is 6. The number of carbonyl (C=O) groups excluding carboxylic acids is 2. The van der Waals surface area contributed by atoms with E-state index in [2.05, 4.69) is 5.32 Å². The van der Waals surface area contributed by atoms with Crippen LogP contribution >= 0.6 is 67.8 Å². The number of aliphatic hydroxyl groups is 5. The molecule has 2 amide bonds. The van der Waals surface area contributed by atoms with Crippen LogP contribution in [0.15, 0.2) is 0 Å². The molecule has 1 atom stereocenters. The van der Waals surface area contributed by atoms with E-state index in [-0.39, 0.29) is 57.2 Å². The van der Waals surface area contributed by atoms with E-state index in [4.69, 9.17) is 5.11 Å². The van der Waals surface area contributed by atoms with Gasteiger partial charge in [-0.2, -0.15) is 0 Å². The fraction of sp³-hybridized carbons (Fsp3) is 0.500. The molecule has 0 heterocycles. The van der Waals surface area contributed by atoms with Crippen LogP contribution in [0.1, 0.15) is 22.3 Å². The van der Waals surface area contributed by atoms with E-state index in [9.17, 15) is 30.0 Å². The lowest BCUT2D eigenvalue weighted by Gasteiger charge is -2.25. The average molecular weight is 734 g/mol. The SMILES string of the molecule is O=C(Nc1c(I)c(CO)c(I)c(C(=O)N(CCO)CCO)c1I)C(O)CCO. The molecule has 28 heavy (non-hydrogen) atoms. The van der Waals surface area contributed by atoms with Crippen molar-refractivity contribution in [3.63, 3.8) is 0 Å². The van der Waals surface area contributed by atoms with Crippen LogP contribution in [0.2, 0.25) is 0 Å². The largest absolute Gasteiger partial charge is 0.396 e. The Kier molecular flexibility index (Phi) is 11.9. The zero-order valence-electron chi connectivity index (χ0n) is 14.7. The fourth-order valence-corrected chi connectivity index (χ4v) is 6.56. The number of rotatable bonds is 10. The van der Waals surface area contributed by atoms with E-state index in [1.165, 1.54) is 4.90 Å². The number of nitrogens with zero attached hydrogens (tertiary/aromatic N) is 1. The van der Waals surface area contributed by atoms with E-state index in [1.54, 1.807) is 0 Å². The van der Waals surface area contributed by atoms with Gasteiger partial charge in [0, 0.05) is 38.8 Å². The highest BCUT2D eigenvalue weighted by Crippen LogP contribution is 2.36. The molecule has 0 saturated carbocycles. The molecule has 1 rings (SSSR count). The van der Waals surface area contributed by atoms with Crippen molar-refractivity contribution in [3.05, 3.63) is 21.8 Å². The van der Waals surface area contributed by atoms with Gasteiger partial charge in [-0.3, -0.25) is 9.59 Å². The van der Waals surface area contributed by atoms with Crippen LogP contribution in [0.5, 0.6) is 0 Å². The van der Waals surface area contributed by atoms with Crippen molar-refractivity contribution >= 4 is 85.3 Å². The number of carbonyl (C=O) groups is 2. The van der Waals surface area contributed by atoms with Gasteiger partial charge in [-0.15, -0.1) is 0 Å². The second kappa shape index (κ2) is 12.8. The van der Waals surface area contributed by atoms with Crippen LogP contribution in [0.4, 0.5) is 5.69 Å². The monoisotopic (exact) mass is 734 g/mol. The van der Waals surface area contributed by atoms with Gasteiger partial charge < -0.3 is 35.7 Å². The summed E-state index contributed by atoms with van der Waals surface area (Å²) in [6.45, 7) is -1.28. The highest BCUT2D eigenvalue weighted by Gasteiger charge is 2.28. The Morgan fingerprint density at radius 3 is 1.96 bits per heavy atom. The molecule has 0 fully saturated rings. The first-order chi connectivity index (χ1) is 13.2. The Balaban J connectivity index is 3.49. The molecule has 0 bridgehead atoms. The van der Waals surface area contributed by atoms with Gasteiger partial charge in [0.05, 0.1) is 34.6 Å². The summed E-state index contributed by atoms with van der Waals surface area (Å²) in [4.78, 5) is 26.5. The Hall–Kier alpha value is 0.150. The third-order valence-electron chi connectivity index (χ3n) is 3.76. The zero-order valence-corrected chi connectivity index (χ0v) is 21.1. The maximum absolute atomic E-state index is 13.0. The molecule has 0 spiro atoms. The minimum Gasteiger partial charge on any atom is -0.396 e. The number of hydrogen-bond acceptors (Lipinski definition) is 7. The van der Waals surface area contributed by atoms with Crippen LogP contribution in [0.25, 0.3) is 0 Å². The van der Waals surface area contributed by atoms with Crippen molar-refractivity contribution in [2.75, 3.05) is 38.2 Å². The third-order valence-corrected chi connectivity index (χ3v) is 7.22. The molecular weight excluding hydrogens is 713 g/mol. The Morgan fingerprint density at radius 2 is 1.50 bits per heavy atom. The molecule has 158 valence electrons. The van der Waals surface area contributed by atoms with Gasteiger partial charge in [-0.1, -0.05) is 0 Å². The average Bonchev–Trinajstić information content (AvgIpc) is 2.65. The van der Waals surface area contributed by atoms with Gasteiger partial charge in [0.15, 0.2) is 0 Å². The minimum atomic E-state index is -1.42. The van der Waals surface area contributed by atoms with Gasteiger partial charge in [0.1, 0.15) is 6.10 Å². The second-order valence-electron chi connectivity index (χ2n) is 5.59. The summed E-state index contributed by atoms with van der Waals surface area (Å²) in [5.41, 5.74) is 0.924. The molecule has 0 aliphatic carbocycles. The summed E-state index contributed by atoms with van der Waals surface area (Å²) in [5.74, 6) is -1.20. The van der Waals surface area contributed by atoms with Crippen molar-refractivity contribution in [2.24, 2.45) is 0 Å². The lowest BCUT2D eigenvalue weighted by Crippen LogP contribution is -2.37. The van der Waals surface area contributed by atoms with Gasteiger partial charge in [-0.05, 0) is 67.8 Å². The predicted octanol–water partition coefficient (Wildman–Crippen LogP) is 0.101. The van der Waals surface area contributed by atoms with E-state index >= 15 is 0 Å². The number of amides is 2. The van der Waals surface area contributed by atoms with Gasteiger partial charge >= 0.3 is 0 Å². The van der Waals surface area contributed by atoms with Crippen LogP contribution < -0.4 is 5.32 Å². The van der Waals surface area contributed by atoms with E-state index in [0.29, 0.717) is 16.3 Å².